The number of nitrogens with two attached hydrogens (primary N) is 1. The highest BCUT2D eigenvalue weighted by molar-refractivity contribution is 6.01. The van der Waals surface area contributed by atoms with Gasteiger partial charge in [-0.25, -0.2) is 4.68 Å². The van der Waals surface area contributed by atoms with Crippen molar-refractivity contribution >= 4 is 12.0 Å². The summed E-state index contributed by atoms with van der Waals surface area (Å²) in [6, 6.07) is 14.9. The Balaban J connectivity index is 2.17. The molecule has 0 bridgehead atoms. The molecule has 2 heterocycles. The molecule has 0 radical (unpaired) electrons. The molecule has 2 aromatic heterocycles. The van der Waals surface area contributed by atoms with Crippen molar-refractivity contribution in [3.8, 4) is 23.2 Å². The largest absolute Gasteiger partial charge is 0.460 e. The van der Waals surface area contributed by atoms with Gasteiger partial charge in [0.15, 0.2) is 5.76 Å². The molecule has 118 valence electrons. The quantitative estimate of drug-likeness (QED) is 0.590. The number of hydrogen-bond acceptors (Lipinski definition) is 4. The SMILES string of the molecule is Cc1ccc(-c2nn(-c3ccccc3)cc2/C=C(\C#N)C(N)=O)o1. The summed E-state index contributed by atoms with van der Waals surface area (Å²) in [5.41, 5.74) is 7.03. The first-order valence-electron chi connectivity index (χ1n) is 7.22. The highest BCUT2D eigenvalue weighted by Gasteiger charge is 2.15. The molecule has 0 unspecified atom stereocenters. The van der Waals surface area contributed by atoms with Crippen LogP contribution in [-0.4, -0.2) is 15.7 Å². The normalized spacial score (nSPS) is 11.2. The van der Waals surface area contributed by atoms with Gasteiger partial charge in [0.1, 0.15) is 23.1 Å². The molecule has 2 N–H and O–H groups in total. The predicted molar refractivity (Wildman–Crippen MR) is 88.8 cm³/mol. The smallest absolute Gasteiger partial charge is 0.259 e. The van der Waals surface area contributed by atoms with E-state index in [0.29, 0.717) is 17.0 Å². The third-order valence-corrected chi connectivity index (χ3v) is 3.42. The average Bonchev–Trinajstić information content (AvgIpc) is 3.19. The molecule has 0 spiro atoms. The monoisotopic (exact) mass is 318 g/mol. The molecule has 0 atom stereocenters. The van der Waals surface area contributed by atoms with Gasteiger partial charge < -0.3 is 10.2 Å². The van der Waals surface area contributed by atoms with Crippen LogP contribution < -0.4 is 5.73 Å². The Morgan fingerprint density at radius 1 is 1.29 bits per heavy atom. The fourth-order valence-electron chi connectivity index (χ4n) is 2.27. The molecule has 0 fully saturated rings. The molecule has 1 aromatic carbocycles. The molecule has 0 saturated carbocycles. The number of furan rings is 1. The van der Waals surface area contributed by atoms with E-state index < -0.39 is 5.91 Å². The Hall–Kier alpha value is -3.59. The average molecular weight is 318 g/mol. The molecule has 0 aliphatic heterocycles. The Morgan fingerprint density at radius 3 is 2.62 bits per heavy atom. The topological polar surface area (TPSA) is 97.8 Å². The van der Waals surface area contributed by atoms with Gasteiger partial charge in [-0.1, -0.05) is 18.2 Å². The van der Waals surface area contributed by atoms with Crippen molar-refractivity contribution in [2.75, 3.05) is 0 Å². The highest BCUT2D eigenvalue weighted by Crippen LogP contribution is 2.27. The lowest BCUT2D eigenvalue weighted by molar-refractivity contribution is -0.114. The summed E-state index contributed by atoms with van der Waals surface area (Å²) in [7, 11) is 0. The first-order chi connectivity index (χ1) is 11.6. The Morgan fingerprint density at radius 2 is 2.04 bits per heavy atom. The number of aryl methyl sites for hydroxylation is 1. The zero-order chi connectivity index (χ0) is 17.1. The van der Waals surface area contributed by atoms with Crippen LogP contribution in [0.1, 0.15) is 11.3 Å². The molecule has 6 heteroatoms. The van der Waals surface area contributed by atoms with Gasteiger partial charge in [-0.05, 0) is 37.3 Å². The number of carbonyl (C=O) groups excluding carboxylic acids is 1. The van der Waals surface area contributed by atoms with E-state index in [2.05, 4.69) is 5.10 Å². The summed E-state index contributed by atoms with van der Waals surface area (Å²) < 4.78 is 7.29. The molecule has 24 heavy (non-hydrogen) atoms. The van der Waals surface area contributed by atoms with Crippen LogP contribution >= 0.6 is 0 Å². The number of nitrogens with zero attached hydrogens (tertiary/aromatic N) is 3. The van der Waals surface area contributed by atoms with E-state index in [4.69, 9.17) is 15.4 Å². The highest BCUT2D eigenvalue weighted by atomic mass is 16.3. The van der Waals surface area contributed by atoms with E-state index in [1.54, 1.807) is 23.0 Å². The summed E-state index contributed by atoms with van der Waals surface area (Å²) in [6.45, 7) is 1.83. The number of aromatic nitrogens is 2. The van der Waals surface area contributed by atoms with Crippen molar-refractivity contribution < 1.29 is 9.21 Å². The number of primary amides is 1. The second-order valence-corrected chi connectivity index (χ2v) is 5.16. The number of nitriles is 1. The van der Waals surface area contributed by atoms with Gasteiger partial charge in [-0.2, -0.15) is 10.4 Å². The lowest BCUT2D eigenvalue weighted by atomic mass is 10.1. The summed E-state index contributed by atoms with van der Waals surface area (Å²) >= 11 is 0. The third-order valence-electron chi connectivity index (χ3n) is 3.42. The maximum Gasteiger partial charge on any atom is 0.259 e. The number of para-hydroxylation sites is 1. The van der Waals surface area contributed by atoms with E-state index in [1.807, 2.05) is 43.3 Å². The molecule has 0 aliphatic rings. The van der Waals surface area contributed by atoms with Crippen molar-refractivity contribution in [1.82, 2.24) is 9.78 Å². The number of hydrogen-bond donors (Lipinski definition) is 1. The van der Waals surface area contributed by atoms with Gasteiger partial charge in [0.05, 0.1) is 5.69 Å². The summed E-state index contributed by atoms with van der Waals surface area (Å²) in [6.07, 6.45) is 3.14. The Labute approximate surface area is 138 Å². The third kappa shape index (κ3) is 2.96. The van der Waals surface area contributed by atoms with Crippen LogP contribution in [0.15, 0.2) is 58.7 Å². The van der Waals surface area contributed by atoms with Crippen LogP contribution in [0.5, 0.6) is 0 Å². The summed E-state index contributed by atoms with van der Waals surface area (Å²) in [4.78, 5) is 11.3. The fourth-order valence-corrected chi connectivity index (χ4v) is 2.27. The predicted octanol–water partition coefficient (Wildman–Crippen LogP) is 2.83. The molecule has 6 nitrogen and oxygen atoms in total. The van der Waals surface area contributed by atoms with Crippen LogP contribution in [0, 0.1) is 18.3 Å². The Bertz CT molecular complexity index is 959. The Kier molecular flexibility index (Phi) is 4.00. The second kappa shape index (κ2) is 6.26. The molecule has 0 aliphatic carbocycles. The molecular formula is C18H14N4O2. The second-order valence-electron chi connectivity index (χ2n) is 5.16. The van der Waals surface area contributed by atoms with Crippen molar-refractivity contribution in [3.63, 3.8) is 0 Å². The minimum Gasteiger partial charge on any atom is -0.460 e. The van der Waals surface area contributed by atoms with E-state index in [1.165, 1.54) is 6.08 Å². The van der Waals surface area contributed by atoms with Crippen molar-refractivity contribution in [1.29, 1.82) is 5.26 Å². The van der Waals surface area contributed by atoms with Crippen LogP contribution in [0.4, 0.5) is 0 Å². The molecule has 0 saturated heterocycles. The van der Waals surface area contributed by atoms with Crippen molar-refractivity contribution in [3.05, 3.63) is 65.6 Å². The van der Waals surface area contributed by atoms with Crippen molar-refractivity contribution in [2.24, 2.45) is 5.73 Å². The van der Waals surface area contributed by atoms with E-state index in [-0.39, 0.29) is 5.57 Å². The van der Waals surface area contributed by atoms with Crippen LogP contribution in [0.25, 0.3) is 23.2 Å². The first kappa shape index (κ1) is 15.3. The lowest BCUT2D eigenvalue weighted by Gasteiger charge is -1.98. The van der Waals surface area contributed by atoms with E-state index in [0.717, 1.165) is 11.4 Å². The fraction of sp³-hybridized carbons (Fsp3) is 0.0556. The van der Waals surface area contributed by atoms with Gasteiger partial charge >= 0.3 is 0 Å². The number of rotatable bonds is 4. The molecule has 3 rings (SSSR count). The number of benzene rings is 1. The number of carbonyl (C=O) groups is 1. The van der Waals surface area contributed by atoms with Gasteiger partial charge in [0.25, 0.3) is 5.91 Å². The minimum atomic E-state index is -0.786. The van der Waals surface area contributed by atoms with Gasteiger partial charge in [0.2, 0.25) is 0 Å². The minimum absolute atomic E-state index is 0.146. The van der Waals surface area contributed by atoms with Gasteiger partial charge in [-0.3, -0.25) is 4.79 Å². The molecular weight excluding hydrogens is 304 g/mol. The maximum atomic E-state index is 11.3. The summed E-state index contributed by atoms with van der Waals surface area (Å²) in [5, 5.41) is 13.6. The summed E-state index contributed by atoms with van der Waals surface area (Å²) in [5.74, 6) is 0.506. The van der Waals surface area contributed by atoms with Crippen molar-refractivity contribution in [2.45, 2.75) is 6.92 Å². The van der Waals surface area contributed by atoms with E-state index >= 15 is 0 Å². The van der Waals surface area contributed by atoms with Gasteiger partial charge in [-0.15, -0.1) is 0 Å². The van der Waals surface area contributed by atoms with E-state index in [9.17, 15) is 4.79 Å². The van der Waals surface area contributed by atoms with Crippen LogP contribution in [0.2, 0.25) is 0 Å². The molecule has 3 aromatic rings. The first-order valence-corrected chi connectivity index (χ1v) is 7.22. The lowest BCUT2D eigenvalue weighted by Crippen LogP contribution is -2.12. The number of amides is 1. The standard InChI is InChI=1S/C18H14N4O2/c1-12-7-8-16(24-12)17-14(9-13(10-19)18(20)23)11-22(21-17)15-5-3-2-4-6-15/h2-9,11H,1H3,(H2,20,23)/b13-9+. The van der Waals surface area contributed by atoms with Crippen LogP contribution in [-0.2, 0) is 4.79 Å². The van der Waals surface area contributed by atoms with Gasteiger partial charge in [0, 0.05) is 11.8 Å². The maximum absolute atomic E-state index is 11.3. The molecule has 1 amide bonds. The zero-order valence-electron chi connectivity index (χ0n) is 12.9. The van der Waals surface area contributed by atoms with Crippen LogP contribution in [0.3, 0.4) is 0 Å². The zero-order valence-corrected chi connectivity index (χ0v) is 12.9.